The summed E-state index contributed by atoms with van der Waals surface area (Å²) in [6.45, 7) is 2.23. The molecule has 4 rings (SSSR count). The number of pyridine rings is 1. The van der Waals surface area contributed by atoms with Crippen LogP contribution in [0.2, 0.25) is 0 Å². The molecule has 0 radical (unpaired) electrons. The third-order valence-electron chi connectivity index (χ3n) is 4.54. The normalized spacial score (nSPS) is 12.8. The highest BCUT2D eigenvalue weighted by atomic mass is 16.5. The molecule has 124 valence electrons. The van der Waals surface area contributed by atoms with Crippen molar-refractivity contribution in [2.24, 2.45) is 0 Å². The Labute approximate surface area is 144 Å². The Morgan fingerprint density at radius 3 is 2.84 bits per heavy atom. The van der Waals surface area contributed by atoms with Crippen LogP contribution in [0.4, 0.5) is 0 Å². The van der Waals surface area contributed by atoms with Crippen molar-refractivity contribution in [2.45, 2.75) is 32.7 Å². The lowest BCUT2D eigenvalue weighted by atomic mass is 10.1. The smallest absolute Gasteiger partial charge is 0.269 e. The minimum atomic E-state index is -0.287. The van der Waals surface area contributed by atoms with E-state index < -0.39 is 0 Å². The van der Waals surface area contributed by atoms with E-state index >= 15 is 0 Å². The lowest BCUT2D eigenvalue weighted by Crippen LogP contribution is -2.27. The van der Waals surface area contributed by atoms with Crippen LogP contribution in [0, 0.1) is 18.3 Å². The van der Waals surface area contributed by atoms with Gasteiger partial charge in [0.25, 0.3) is 11.4 Å². The van der Waals surface area contributed by atoms with Crippen molar-refractivity contribution in [1.82, 2.24) is 14.7 Å². The van der Waals surface area contributed by atoms with E-state index in [9.17, 15) is 10.1 Å². The van der Waals surface area contributed by atoms with Gasteiger partial charge in [-0.05, 0) is 49.9 Å². The highest BCUT2D eigenvalue weighted by Gasteiger charge is 2.20. The Morgan fingerprint density at radius 1 is 1.28 bits per heavy atom. The molecule has 0 aliphatic heterocycles. The molecular formula is C19H16N4O2. The topological polar surface area (TPSA) is 84.7 Å². The van der Waals surface area contributed by atoms with Crippen molar-refractivity contribution < 1.29 is 4.52 Å². The molecule has 1 aliphatic rings. The van der Waals surface area contributed by atoms with Gasteiger partial charge < -0.3 is 9.09 Å². The number of aromatic nitrogens is 3. The molecule has 6 heteroatoms. The predicted octanol–water partition coefficient (Wildman–Crippen LogP) is 2.62. The molecule has 3 aromatic rings. The maximum Gasteiger partial charge on any atom is 0.269 e. The third kappa shape index (κ3) is 2.74. The second kappa shape index (κ2) is 6.02. The summed E-state index contributed by atoms with van der Waals surface area (Å²) in [5.74, 6) is 0.859. The van der Waals surface area contributed by atoms with Crippen molar-refractivity contribution in [1.29, 1.82) is 5.26 Å². The molecular weight excluding hydrogens is 316 g/mol. The fraction of sp³-hybridized carbons (Fsp3) is 0.263. The van der Waals surface area contributed by atoms with Gasteiger partial charge in [-0.2, -0.15) is 10.2 Å². The molecule has 6 nitrogen and oxygen atoms in total. The van der Waals surface area contributed by atoms with Gasteiger partial charge >= 0.3 is 0 Å². The molecule has 0 atom stereocenters. The molecule has 1 aromatic carbocycles. The second-order valence-corrected chi connectivity index (χ2v) is 6.27. The number of aryl methyl sites for hydroxylation is 2. The largest absolute Gasteiger partial charge is 0.334 e. The first-order valence-electron chi connectivity index (χ1n) is 8.21. The van der Waals surface area contributed by atoms with E-state index in [0.29, 0.717) is 11.7 Å². The fourth-order valence-electron chi connectivity index (χ4n) is 3.24. The Kier molecular flexibility index (Phi) is 3.69. The van der Waals surface area contributed by atoms with Crippen molar-refractivity contribution in [3.63, 3.8) is 0 Å². The summed E-state index contributed by atoms with van der Waals surface area (Å²) >= 11 is 0. The number of hydrogen-bond acceptors (Lipinski definition) is 5. The second-order valence-electron chi connectivity index (χ2n) is 6.27. The summed E-state index contributed by atoms with van der Waals surface area (Å²) in [5.41, 5.74) is 3.92. The van der Waals surface area contributed by atoms with Crippen LogP contribution in [0.25, 0.3) is 11.5 Å². The van der Waals surface area contributed by atoms with E-state index in [2.05, 4.69) is 10.1 Å². The van der Waals surface area contributed by atoms with Crippen LogP contribution >= 0.6 is 0 Å². The average molecular weight is 332 g/mol. The van der Waals surface area contributed by atoms with Gasteiger partial charge in [-0.25, -0.2) is 0 Å². The first-order valence-corrected chi connectivity index (χ1v) is 8.21. The lowest BCUT2D eigenvalue weighted by molar-refractivity contribution is 0.419. The van der Waals surface area contributed by atoms with Gasteiger partial charge in [0.2, 0.25) is 0 Å². The first-order chi connectivity index (χ1) is 12.2. The van der Waals surface area contributed by atoms with E-state index in [1.165, 1.54) is 0 Å². The lowest BCUT2D eigenvalue weighted by Gasteiger charge is -2.10. The van der Waals surface area contributed by atoms with E-state index in [4.69, 9.17) is 4.52 Å². The van der Waals surface area contributed by atoms with E-state index in [-0.39, 0.29) is 17.7 Å². The highest BCUT2D eigenvalue weighted by Crippen LogP contribution is 2.22. The molecule has 0 saturated heterocycles. The average Bonchev–Trinajstić information content (AvgIpc) is 3.27. The van der Waals surface area contributed by atoms with Crippen LogP contribution < -0.4 is 5.56 Å². The number of nitriles is 1. The molecule has 0 spiro atoms. The summed E-state index contributed by atoms with van der Waals surface area (Å²) in [6.07, 6.45) is 2.72. The van der Waals surface area contributed by atoms with Gasteiger partial charge in [0, 0.05) is 11.3 Å². The number of hydrogen-bond donors (Lipinski definition) is 0. The molecule has 2 heterocycles. The summed E-state index contributed by atoms with van der Waals surface area (Å²) in [5, 5.41) is 13.2. The minimum Gasteiger partial charge on any atom is -0.334 e. The van der Waals surface area contributed by atoms with Crippen LogP contribution in [0.5, 0.6) is 0 Å². The minimum absolute atomic E-state index is 0.169. The van der Waals surface area contributed by atoms with E-state index in [0.717, 1.165) is 41.6 Å². The molecule has 0 saturated carbocycles. The van der Waals surface area contributed by atoms with Crippen molar-refractivity contribution in [2.75, 3.05) is 0 Å². The van der Waals surface area contributed by atoms with E-state index in [1.807, 2.05) is 37.3 Å². The molecule has 0 fully saturated rings. The quantitative estimate of drug-likeness (QED) is 0.736. The summed E-state index contributed by atoms with van der Waals surface area (Å²) < 4.78 is 6.95. The Hall–Kier alpha value is -3.20. The van der Waals surface area contributed by atoms with Crippen LogP contribution in [0.1, 0.15) is 34.6 Å². The van der Waals surface area contributed by atoms with Crippen molar-refractivity contribution in [3.05, 3.63) is 68.9 Å². The summed E-state index contributed by atoms with van der Waals surface area (Å²) in [4.78, 5) is 16.9. The van der Waals surface area contributed by atoms with Crippen molar-refractivity contribution in [3.8, 4) is 17.5 Å². The molecule has 1 aliphatic carbocycles. The Balaban J connectivity index is 1.70. The molecule has 0 bridgehead atoms. The van der Waals surface area contributed by atoms with Gasteiger partial charge in [-0.3, -0.25) is 4.79 Å². The van der Waals surface area contributed by atoms with Gasteiger partial charge in [0.05, 0.1) is 6.54 Å². The summed E-state index contributed by atoms with van der Waals surface area (Å²) in [7, 11) is 0. The van der Waals surface area contributed by atoms with Crippen LogP contribution in [-0.4, -0.2) is 14.7 Å². The molecule has 0 amide bonds. The number of benzene rings is 1. The highest BCUT2D eigenvalue weighted by molar-refractivity contribution is 5.53. The van der Waals surface area contributed by atoms with Crippen LogP contribution in [0.15, 0.2) is 39.6 Å². The number of nitrogens with zero attached hydrogens (tertiary/aromatic N) is 4. The molecule has 25 heavy (non-hydrogen) atoms. The van der Waals surface area contributed by atoms with Gasteiger partial charge in [0.15, 0.2) is 5.82 Å². The Morgan fingerprint density at radius 2 is 2.08 bits per heavy atom. The Bertz CT molecular complexity index is 1040. The maximum absolute atomic E-state index is 12.5. The standard InChI is InChI=1S/C19H16N4O2/c1-12-5-7-13(8-6-12)18-21-17(22-25-18)11-23-16-4-2-3-14(16)9-15(10-20)19(23)24/h5-9H,2-4,11H2,1H3. The van der Waals surface area contributed by atoms with Crippen LogP contribution in [0.3, 0.4) is 0 Å². The predicted molar refractivity (Wildman–Crippen MR) is 91.0 cm³/mol. The van der Waals surface area contributed by atoms with E-state index in [1.54, 1.807) is 10.6 Å². The molecule has 2 aromatic heterocycles. The zero-order chi connectivity index (χ0) is 17.4. The van der Waals surface area contributed by atoms with Crippen molar-refractivity contribution >= 4 is 0 Å². The van der Waals surface area contributed by atoms with Gasteiger partial charge in [0.1, 0.15) is 11.6 Å². The SMILES string of the molecule is Cc1ccc(-c2nc(Cn3c4c(cc(C#N)c3=O)CCC4)no2)cc1. The fourth-order valence-corrected chi connectivity index (χ4v) is 3.24. The monoisotopic (exact) mass is 332 g/mol. The molecule has 0 unspecified atom stereocenters. The molecule has 0 N–H and O–H groups in total. The number of fused-ring (bicyclic) bond motifs is 1. The van der Waals surface area contributed by atoms with Crippen LogP contribution in [-0.2, 0) is 19.4 Å². The first kappa shape index (κ1) is 15.3. The van der Waals surface area contributed by atoms with Gasteiger partial charge in [-0.1, -0.05) is 22.9 Å². The summed E-state index contributed by atoms with van der Waals surface area (Å²) in [6, 6.07) is 11.5. The maximum atomic E-state index is 12.5. The third-order valence-corrected chi connectivity index (χ3v) is 4.54. The van der Waals surface area contributed by atoms with Gasteiger partial charge in [-0.15, -0.1) is 0 Å². The zero-order valence-electron chi connectivity index (χ0n) is 13.8. The number of rotatable bonds is 3. The zero-order valence-corrected chi connectivity index (χ0v) is 13.8.